The van der Waals surface area contributed by atoms with Crippen LogP contribution in [0, 0.1) is 18.6 Å². The lowest BCUT2D eigenvalue weighted by Gasteiger charge is -2.13. The van der Waals surface area contributed by atoms with Crippen LogP contribution in [0.15, 0.2) is 33.8 Å². The largest absolute Gasteiger partial charge is 0.276 e. The van der Waals surface area contributed by atoms with Crippen molar-refractivity contribution < 1.29 is 17.2 Å². The van der Waals surface area contributed by atoms with Gasteiger partial charge in [0.2, 0.25) is 0 Å². The highest BCUT2D eigenvalue weighted by Crippen LogP contribution is 2.30. The summed E-state index contributed by atoms with van der Waals surface area (Å²) < 4.78 is 53.3. The summed E-state index contributed by atoms with van der Waals surface area (Å²) in [5.74, 6) is -2.11. The Labute approximate surface area is 133 Å². The number of anilines is 1. The molecule has 2 aromatic rings. The lowest BCUT2D eigenvalue weighted by molar-refractivity contribution is 0.548. The van der Waals surface area contributed by atoms with E-state index in [1.165, 1.54) is 6.20 Å². The Morgan fingerprint density at radius 3 is 2.57 bits per heavy atom. The second kappa shape index (κ2) is 5.86. The Morgan fingerprint density at radius 2 is 2.00 bits per heavy atom. The van der Waals surface area contributed by atoms with Crippen molar-refractivity contribution in [2.24, 2.45) is 0 Å². The number of pyridine rings is 1. The highest BCUT2D eigenvalue weighted by atomic mass is 79.9. The average molecular weight is 398 g/mol. The summed E-state index contributed by atoms with van der Waals surface area (Å²) in [6.45, 7) is 1.61. The van der Waals surface area contributed by atoms with E-state index in [-0.39, 0.29) is 15.3 Å². The molecule has 1 aromatic carbocycles. The zero-order valence-corrected chi connectivity index (χ0v) is 13.7. The quantitative estimate of drug-likeness (QED) is 0.800. The van der Waals surface area contributed by atoms with Gasteiger partial charge in [-0.15, -0.1) is 0 Å². The molecule has 1 aromatic heterocycles. The van der Waals surface area contributed by atoms with Gasteiger partial charge in [-0.2, -0.15) is 0 Å². The maximum Gasteiger partial charge on any atom is 0.266 e. The van der Waals surface area contributed by atoms with Gasteiger partial charge in [0.05, 0.1) is 5.69 Å². The molecule has 1 N–H and O–H groups in total. The van der Waals surface area contributed by atoms with Crippen LogP contribution in [0.2, 0.25) is 5.15 Å². The van der Waals surface area contributed by atoms with Gasteiger partial charge in [0, 0.05) is 16.7 Å². The Hall–Kier alpha value is -1.25. The maximum atomic E-state index is 13.8. The first kappa shape index (κ1) is 16.1. The molecule has 4 nitrogen and oxygen atoms in total. The van der Waals surface area contributed by atoms with E-state index in [9.17, 15) is 17.2 Å². The lowest BCUT2D eigenvalue weighted by Crippen LogP contribution is -2.17. The molecule has 0 unspecified atom stereocenters. The van der Waals surface area contributed by atoms with Gasteiger partial charge in [-0.3, -0.25) is 4.72 Å². The Kier molecular flexibility index (Phi) is 4.50. The van der Waals surface area contributed by atoms with E-state index in [1.54, 1.807) is 13.0 Å². The molecule has 2 rings (SSSR count). The summed E-state index contributed by atoms with van der Waals surface area (Å²) in [6, 6.07) is 2.88. The molecule has 0 aliphatic rings. The number of rotatable bonds is 3. The van der Waals surface area contributed by atoms with Gasteiger partial charge in [0.15, 0.2) is 5.15 Å². The van der Waals surface area contributed by atoms with E-state index >= 15 is 0 Å². The van der Waals surface area contributed by atoms with Crippen molar-refractivity contribution in [1.82, 2.24) is 4.98 Å². The highest BCUT2D eigenvalue weighted by Gasteiger charge is 2.25. The molecule has 0 aliphatic heterocycles. The van der Waals surface area contributed by atoms with Crippen LogP contribution in [0.1, 0.15) is 5.56 Å². The lowest BCUT2D eigenvalue weighted by atomic mass is 10.3. The van der Waals surface area contributed by atoms with Crippen LogP contribution in [0.4, 0.5) is 14.5 Å². The molecule has 0 aliphatic carbocycles. The summed E-state index contributed by atoms with van der Waals surface area (Å²) in [4.78, 5) is 3.04. The van der Waals surface area contributed by atoms with Crippen molar-refractivity contribution in [2.45, 2.75) is 11.8 Å². The van der Waals surface area contributed by atoms with Gasteiger partial charge in [0.25, 0.3) is 10.0 Å². The number of aromatic nitrogens is 1. The fraction of sp³-hybridized carbons (Fsp3) is 0.0833. The van der Waals surface area contributed by atoms with Gasteiger partial charge >= 0.3 is 0 Å². The van der Waals surface area contributed by atoms with Crippen LogP contribution >= 0.6 is 27.5 Å². The predicted molar refractivity (Wildman–Crippen MR) is 78.9 cm³/mol. The van der Waals surface area contributed by atoms with Gasteiger partial charge in [-0.05, 0) is 40.5 Å². The summed E-state index contributed by atoms with van der Waals surface area (Å²) in [6.07, 6.45) is 1.41. The molecule has 0 radical (unpaired) electrons. The number of nitrogens with zero attached hydrogens (tertiary/aromatic N) is 1. The van der Waals surface area contributed by atoms with Crippen molar-refractivity contribution in [3.63, 3.8) is 0 Å². The second-order valence-corrected chi connectivity index (χ2v) is 6.93. The normalized spacial score (nSPS) is 11.5. The van der Waals surface area contributed by atoms with Gasteiger partial charge in [-0.25, -0.2) is 22.2 Å². The van der Waals surface area contributed by atoms with E-state index < -0.39 is 26.6 Å². The van der Waals surface area contributed by atoms with Crippen LogP contribution in [0.25, 0.3) is 0 Å². The highest BCUT2D eigenvalue weighted by molar-refractivity contribution is 9.10. The van der Waals surface area contributed by atoms with Crippen molar-refractivity contribution >= 4 is 43.2 Å². The van der Waals surface area contributed by atoms with Gasteiger partial charge in [-0.1, -0.05) is 11.6 Å². The molecule has 0 saturated heterocycles. The molecular formula is C12H8BrClF2N2O2S. The minimum absolute atomic E-state index is 0.0368. The zero-order chi connectivity index (χ0) is 15.8. The number of halogens is 4. The molecule has 9 heteroatoms. The third kappa shape index (κ3) is 3.33. The molecule has 0 atom stereocenters. The first-order valence-corrected chi connectivity index (χ1v) is 8.16. The Bertz CT molecular complexity index is 772. The van der Waals surface area contributed by atoms with Gasteiger partial charge in [0.1, 0.15) is 16.5 Å². The van der Waals surface area contributed by atoms with Crippen LogP contribution in [0.5, 0.6) is 0 Å². The minimum Gasteiger partial charge on any atom is -0.276 e. The third-order valence-corrected chi connectivity index (χ3v) is 5.18. The van der Waals surface area contributed by atoms with Crippen LogP contribution < -0.4 is 4.72 Å². The van der Waals surface area contributed by atoms with Gasteiger partial charge < -0.3 is 0 Å². The summed E-state index contributed by atoms with van der Waals surface area (Å²) in [5.41, 5.74) is 0.548. The average Bonchev–Trinajstić information content (AvgIpc) is 2.32. The molecule has 0 fully saturated rings. The first-order valence-electron chi connectivity index (χ1n) is 5.51. The van der Waals surface area contributed by atoms with Crippen molar-refractivity contribution in [2.75, 3.05) is 4.72 Å². The number of nitrogens with one attached hydrogen (secondary N) is 1. The molecule has 21 heavy (non-hydrogen) atoms. The fourth-order valence-corrected chi connectivity index (χ4v) is 4.23. The van der Waals surface area contributed by atoms with E-state index in [0.717, 1.165) is 6.07 Å². The van der Waals surface area contributed by atoms with E-state index in [4.69, 9.17) is 11.6 Å². The minimum atomic E-state index is -4.30. The zero-order valence-electron chi connectivity index (χ0n) is 10.5. The van der Waals surface area contributed by atoms with Crippen LogP contribution in [-0.2, 0) is 10.0 Å². The number of hydrogen-bond acceptors (Lipinski definition) is 3. The summed E-state index contributed by atoms with van der Waals surface area (Å²) in [7, 11) is -4.30. The fourth-order valence-electron chi connectivity index (χ4n) is 1.62. The number of hydrogen-bond donors (Lipinski definition) is 1. The van der Waals surface area contributed by atoms with Crippen molar-refractivity contribution in [3.8, 4) is 0 Å². The molecule has 0 bridgehead atoms. The Morgan fingerprint density at radius 1 is 1.33 bits per heavy atom. The maximum absolute atomic E-state index is 13.8. The summed E-state index contributed by atoms with van der Waals surface area (Å²) in [5, 5.41) is -0.0720. The van der Waals surface area contributed by atoms with E-state index in [1.807, 2.05) is 0 Å². The van der Waals surface area contributed by atoms with Crippen molar-refractivity contribution in [3.05, 3.63) is 51.2 Å². The monoisotopic (exact) mass is 396 g/mol. The Balaban J connectivity index is 2.54. The van der Waals surface area contributed by atoms with Crippen molar-refractivity contribution in [1.29, 1.82) is 0 Å². The number of benzene rings is 1. The SMILES string of the molecule is Cc1ccnc(Cl)c1NS(=O)(=O)c1c(F)cc(F)cc1Br. The van der Waals surface area contributed by atoms with Crippen LogP contribution in [0.3, 0.4) is 0 Å². The molecule has 0 spiro atoms. The molecule has 0 saturated carbocycles. The topological polar surface area (TPSA) is 59.1 Å². The van der Waals surface area contributed by atoms with E-state index in [2.05, 4.69) is 25.6 Å². The number of sulfonamides is 1. The second-order valence-electron chi connectivity index (χ2n) is 4.10. The predicted octanol–water partition coefficient (Wildman–Crippen LogP) is 3.88. The molecule has 0 amide bonds. The standard InChI is InChI=1S/C12H8BrClF2N2O2S/c1-6-2-3-17-12(14)10(6)18-21(19,20)11-8(13)4-7(15)5-9(11)16/h2-5,18H,1H3. The molecular weight excluding hydrogens is 390 g/mol. The molecule has 112 valence electrons. The van der Waals surface area contributed by atoms with Crippen LogP contribution in [-0.4, -0.2) is 13.4 Å². The summed E-state index contributed by atoms with van der Waals surface area (Å²) >= 11 is 8.66. The van der Waals surface area contributed by atoms with E-state index in [0.29, 0.717) is 11.6 Å². The first-order chi connectivity index (χ1) is 9.72. The number of aryl methyl sites for hydroxylation is 1. The molecule has 1 heterocycles. The third-order valence-electron chi connectivity index (χ3n) is 2.58. The smallest absolute Gasteiger partial charge is 0.266 e.